The van der Waals surface area contributed by atoms with E-state index in [1.54, 1.807) is 18.2 Å². The van der Waals surface area contributed by atoms with Crippen molar-refractivity contribution in [2.45, 2.75) is 6.18 Å². The van der Waals surface area contributed by atoms with E-state index in [4.69, 9.17) is 11.6 Å². The van der Waals surface area contributed by atoms with Gasteiger partial charge in [0.25, 0.3) is 0 Å². The van der Waals surface area contributed by atoms with Crippen molar-refractivity contribution in [1.82, 2.24) is 0 Å². The summed E-state index contributed by atoms with van der Waals surface area (Å²) in [5.41, 5.74) is 1.86. The minimum Gasteiger partial charge on any atom is -0.232 e. The number of hydrogen-bond acceptors (Lipinski definition) is 1. The third-order valence-corrected chi connectivity index (χ3v) is 2.71. The first-order chi connectivity index (χ1) is 8.97. The van der Waals surface area contributed by atoms with E-state index in [1.165, 1.54) is 6.07 Å². The molecule has 2 rings (SSSR count). The van der Waals surface area contributed by atoms with E-state index in [9.17, 15) is 13.2 Å². The fraction of sp³-hybridized carbons (Fsp3) is 0.0714. The lowest BCUT2D eigenvalue weighted by Gasteiger charge is -2.05. The highest BCUT2D eigenvalue weighted by Crippen LogP contribution is 2.27. The summed E-state index contributed by atoms with van der Waals surface area (Å²) in [5, 5.41) is -1.38. The Morgan fingerprint density at radius 3 is 2.16 bits per heavy atom. The average molecular weight is 284 g/mol. The number of halogens is 4. The molecule has 2 aromatic rings. The Bertz CT molecular complexity index is 591. The van der Waals surface area contributed by atoms with Gasteiger partial charge in [0.15, 0.2) is 0 Å². The molecule has 0 unspecified atom stereocenters. The Balaban J connectivity index is 2.36. The molecule has 0 fully saturated rings. The highest BCUT2D eigenvalue weighted by molar-refractivity contribution is 6.67. The Morgan fingerprint density at radius 2 is 1.53 bits per heavy atom. The minimum atomic E-state index is -4.62. The SMILES string of the molecule is FC(F)(F)C(Cl)=Nc1cccc(-c2ccccc2)c1. The Kier molecular flexibility index (Phi) is 3.90. The number of hydrogen-bond donors (Lipinski definition) is 0. The number of benzene rings is 2. The molecule has 1 nitrogen and oxygen atoms in total. The van der Waals surface area contributed by atoms with Crippen LogP contribution in [0.5, 0.6) is 0 Å². The minimum absolute atomic E-state index is 0.170. The topological polar surface area (TPSA) is 12.4 Å². The lowest BCUT2D eigenvalue weighted by Crippen LogP contribution is -2.16. The molecular weight excluding hydrogens is 275 g/mol. The summed E-state index contributed by atoms with van der Waals surface area (Å²) in [4.78, 5) is 3.37. The van der Waals surface area contributed by atoms with Gasteiger partial charge in [0.05, 0.1) is 5.69 Å². The van der Waals surface area contributed by atoms with Gasteiger partial charge in [-0.2, -0.15) is 13.2 Å². The van der Waals surface area contributed by atoms with Crippen molar-refractivity contribution in [2.24, 2.45) is 4.99 Å². The van der Waals surface area contributed by atoms with Crippen LogP contribution in [0.15, 0.2) is 59.6 Å². The summed E-state index contributed by atoms with van der Waals surface area (Å²) >= 11 is 5.11. The van der Waals surface area contributed by atoms with E-state index in [0.717, 1.165) is 11.1 Å². The second kappa shape index (κ2) is 5.45. The predicted octanol–water partition coefficient (Wildman–Crippen LogP) is 5.18. The summed E-state index contributed by atoms with van der Waals surface area (Å²) in [6.07, 6.45) is -4.62. The van der Waals surface area contributed by atoms with Gasteiger partial charge in [-0.15, -0.1) is 0 Å². The predicted molar refractivity (Wildman–Crippen MR) is 70.9 cm³/mol. The Morgan fingerprint density at radius 1 is 0.895 bits per heavy atom. The van der Waals surface area contributed by atoms with Crippen LogP contribution in [0.1, 0.15) is 0 Å². The maximum absolute atomic E-state index is 12.3. The molecule has 0 spiro atoms. The first-order valence-corrected chi connectivity index (χ1v) is 5.81. The molecule has 19 heavy (non-hydrogen) atoms. The number of alkyl halides is 3. The zero-order valence-corrected chi connectivity index (χ0v) is 10.4. The summed E-state index contributed by atoms with van der Waals surface area (Å²) in [6.45, 7) is 0. The summed E-state index contributed by atoms with van der Waals surface area (Å²) < 4.78 is 36.9. The quantitative estimate of drug-likeness (QED) is 0.673. The largest absolute Gasteiger partial charge is 0.444 e. The van der Waals surface area contributed by atoms with Gasteiger partial charge in [-0.05, 0) is 23.3 Å². The van der Waals surface area contributed by atoms with Gasteiger partial charge >= 0.3 is 6.18 Å². The molecule has 0 aromatic heterocycles. The third-order valence-electron chi connectivity index (χ3n) is 2.41. The van der Waals surface area contributed by atoms with E-state index < -0.39 is 11.3 Å². The normalized spacial score (nSPS) is 12.5. The molecule has 0 aliphatic rings. The second-order valence-corrected chi connectivity index (χ2v) is 4.17. The van der Waals surface area contributed by atoms with Crippen molar-refractivity contribution in [1.29, 1.82) is 0 Å². The fourth-order valence-electron chi connectivity index (χ4n) is 1.56. The number of nitrogens with zero attached hydrogens (tertiary/aromatic N) is 1. The summed E-state index contributed by atoms with van der Waals surface area (Å²) in [6, 6.07) is 15.8. The van der Waals surface area contributed by atoms with Gasteiger partial charge in [-0.25, -0.2) is 4.99 Å². The molecule has 0 radical (unpaired) electrons. The zero-order valence-electron chi connectivity index (χ0n) is 9.66. The van der Waals surface area contributed by atoms with Crippen LogP contribution < -0.4 is 0 Å². The first-order valence-electron chi connectivity index (χ1n) is 5.44. The molecule has 0 saturated heterocycles. The lowest BCUT2D eigenvalue weighted by molar-refractivity contribution is -0.0558. The number of aliphatic imine (C=N–C) groups is 1. The second-order valence-electron chi connectivity index (χ2n) is 3.82. The van der Waals surface area contributed by atoms with E-state index in [0.29, 0.717) is 0 Å². The molecule has 0 amide bonds. The highest BCUT2D eigenvalue weighted by atomic mass is 35.5. The van der Waals surface area contributed by atoms with Crippen LogP contribution in [-0.2, 0) is 0 Å². The molecule has 2 aromatic carbocycles. The van der Waals surface area contributed by atoms with Crippen LogP contribution in [0.2, 0.25) is 0 Å². The number of rotatable bonds is 2. The molecule has 0 N–H and O–H groups in total. The first kappa shape index (κ1) is 13.6. The molecule has 98 valence electrons. The van der Waals surface area contributed by atoms with Gasteiger partial charge in [0.2, 0.25) is 5.17 Å². The van der Waals surface area contributed by atoms with Gasteiger partial charge in [-0.3, -0.25) is 0 Å². The van der Waals surface area contributed by atoms with Crippen LogP contribution in [0.25, 0.3) is 11.1 Å². The average Bonchev–Trinajstić information content (AvgIpc) is 2.39. The van der Waals surface area contributed by atoms with Gasteiger partial charge < -0.3 is 0 Å². The van der Waals surface area contributed by atoms with Crippen molar-refractivity contribution >= 4 is 22.5 Å². The summed E-state index contributed by atoms with van der Waals surface area (Å²) in [7, 11) is 0. The fourth-order valence-corrected chi connectivity index (χ4v) is 1.66. The van der Waals surface area contributed by atoms with Gasteiger partial charge in [0, 0.05) is 0 Å². The van der Waals surface area contributed by atoms with E-state index in [2.05, 4.69) is 4.99 Å². The molecule has 0 bridgehead atoms. The molecule has 0 saturated carbocycles. The maximum atomic E-state index is 12.3. The van der Waals surface area contributed by atoms with Gasteiger partial charge in [0.1, 0.15) is 0 Å². The molecular formula is C14H9ClF3N. The highest BCUT2D eigenvalue weighted by Gasteiger charge is 2.34. The van der Waals surface area contributed by atoms with Crippen molar-refractivity contribution < 1.29 is 13.2 Å². The monoisotopic (exact) mass is 283 g/mol. The van der Waals surface area contributed by atoms with Crippen LogP contribution in [0.4, 0.5) is 18.9 Å². The van der Waals surface area contributed by atoms with E-state index >= 15 is 0 Å². The smallest absolute Gasteiger partial charge is 0.232 e. The maximum Gasteiger partial charge on any atom is 0.444 e. The standard InChI is InChI=1S/C14H9ClF3N/c15-13(14(16,17)18)19-12-8-4-7-11(9-12)10-5-2-1-3-6-10/h1-9H. The Hall–Kier alpha value is -1.81. The summed E-state index contributed by atoms with van der Waals surface area (Å²) in [5.74, 6) is 0. The van der Waals surface area contributed by atoms with Crippen molar-refractivity contribution in [3.05, 3.63) is 54.6 Å². The van der Waals surface area contributed by atoms with Crippen LogP contribution in [0.3, 0.4) is 0 Å². The molecule has 5 heteroatoms. The third kappa shape index (κ3) is 3.58. The lowest BCUT2D eigenvalue weighted by atomic mass is 10.1. The van der Waals surface area contributed by atoms with Crippen LogP contribution >= 0.6 is 11.6 Å². The zero-order chi connectivity index (χ0) is 13.9. The van der Waals surface area contributed by atoms with Crippen LogP contribution in [-0.4, -0.2) is 11.3 Å². The van der Waals surface area contributed by atoms with E-state index in [1.807, 2.05) is 30.3 Å². The Labute approximate surface area is 113 Å². The molecule has 0 atom stereocenters. The van der Waals surface area contributed by atoms with Crippen molar-refractivity contribution in [2.75, 3.05) is 0 Å². The molecule has 0 aliphatic heterocycles. The van der Waals surface area contributed by atoms with Crippen LogP contribution in [0, 0.1) is 0 Å². The molecule has 0 heterocycles. The van der Waals surface area contributed by atoms with E-state index in [-0.39, 0.29) is 5.69 Å². The van der Waals surface area contributed by atoms with Crippen molar-refractivity contribution in [3.8, 4) is 11.1 Å². The molecule has 0 aliphatic carbocycles. The van der Waals surface area contributed by atoms with Crippen molar-refractivity contribution in [3.63, 3.8) is 0 Å². The van der Waals surface area contributed by atoms with Gasteiger partial charge in [-0.1, -0.05) is 54.1 Å².